The van der Waals surface area contributed by atoms with Gasteiger partial charge in [0.25, 0.3) is 0 Å². The first kappa shape index (κ1) is 11.1. The molecule has 1 fully saturated rings. The summed E-state index contributed by atoms with van der Waals surface area (Å²) in [6, 6.07) is 1.62. The van der Waals surface area contributed by atoms with Crippen LogP contribution in [0.25, 0.3) is 0 Å². The molecule has 1 aromatic heterocycles. The van der Waals surface area contributed by atoms with E-state index in [0.29, 0.717) is 24.8 Å². The van der Waals surface area contributed by atoms with Gasteiger partial charge in [-0.2, -0.15) is 5.10 Å². The Hall–Kier alpha value is -1.40. The van der Waals surface area contributed by atoms with Gasteiger partial charge in [0.1, 0.15) is 12.7 Å². The second-order valence-electron chi connectivity index (χ2n) is 4.09. The van der Waals surface area contributed by atoms with Crippen LogP contribution < -0.4 is 10.5 Å². The molecule has 0 saturated carbocycles. The zero-order valence-corrected chi connectivity index (χ0v) is 9.34. The van der Waals surface area contributed by atoms with Gasteiger partial charge in [-0.05, 0) is 13.8 Å². The van der Waals surface area contributed by atoms with E-state index in [1.54, 1.807) is 6.07 Å². The SMILES string of the molecule is CC1(C)OC[C@H](COc2cc(N)cnn2)O1. The van der Waals surface area contributed by atoms with Crippen LogP contribution in [0.2, 0.25) is 0 Å². The van der Waals surface area contributed by atoms with Crippen LogP contribution in [0.15, 0.2) is 12.3 Å². The van der Waals surface area contributed by atoms with Crippen molar-refractivity contribution in [1.29, 1.82) is 0 Å². The highest BCUT2D eigenvalue weighted by Gasteiger charge is 2.32. The molecule has 1 aliphatic rings. The summed E-state index contributed by atoms with van der Waals surface area (Å²) >= 11 is 0. The van der Waals surface area contributed by atoms with Crippen molar-refractivity contribution in [2.75, 3.05) is 18.9 Å². The van der Waals surface area contributed by atoms with Crippen LogP contribution in [0.4, 0.5) is 5.69 Å². The molecule has 16 heavy (non-hydrogen) atoms. The normalized spacial score (nSPS) is 23.2. The number of rotatable bonds is 3. The van der Waals surface area contributed by atoms with Gasteiger partial charge >= 0.3 is 0 Å². The van der Waals surface area contributed by atoms with E-state index in [1.165, 1.54) is 6.20 Å². The Labute approximate surface area is 93.7 Å². The van der Waals surface area contributed by atoms with Gasteiger partial charge in [-0.3, -0.25) is 0 Å². The third-order valence-corrected chi connectivity index (χ3v) is 2.14. The van der Waals surface area contributed by atoms with E-state index in [9.17, 15) is 0 Å². The highest BCUT2D eigenvalue weighted by molar-refractivity contribution is 5.36. The number of hydrogen-bond acceptors (Lipinski definition) is 6. The van der Waals surface area contributed by atoms with Gasteiger partial charge in [-0.15, -0.1) is 5.10 Å². The van der Waals surface area contributed by atoms with E-state index < -0.39 is 5.79 Å². The minimum Gasteiger partial charge on any atom is -0.474 e. The van der Waals surface area contributed by atoms with Gasteiger partial charge in [0.15, 0.2) is 5.79 Å². The van der Waals surface area contributed by atoms with Crippen LogP contribution in [0.5, 0.6) is 5.88 Å². The molecule has 0 radical (unpaired) electrons. The van der Waals surface area contributed by atoms with Crippen LogP contribution in [0, 0.1) is 0 Å². The van der Waals surface area contributed by atoms with Gasteiger partial charge in [-0.1, -0.05) is 0 Å². The average molecular weight is 225 g/mol. The Balaban J connectivity index is 1.84. The smallest absolute Gasteiger partial charge is 0.235 e. The summed E-state index contributed by atoms with van der Waals surface area (Å²) in [5, 5.41) is 7.47. The van der Waals surface area contributed by atoms with E-state index >= 15 is 0 Å². The fourth-order valence-electron chi connectivity index (χ4n) is 1.46. The van der Waals surface area contributed by atoms with Crippen LogP contribution in [-0.4, -0.2) is 35.3 Å². The molecule has 1 aliphatic heterocycles. The minimum absolute atomic E-state index is 0.0850. The highest BCUT2D eigenvalue weighted by Crippen LogP contribution is 2.22. The van der Waals surface area contributed by atoms with Crippen LogP contribution >= 0.6 is 0 Å². The van der Waals surface area contributed by atoms with Gasteiger partial charge in [0.2, 0.25) is 5.88 Å². The van der Waals surface area contributed by atoms with Crippen LogP contribution in [0.3, 0.4) is 0 Å². The van der Waals surface area contributed by atoms with Gasteiger partial charge in [0, 0.05) is 6.07 Å². The van der Waals surface area contributed by atoms with Crippen molar-refractivity contribution in [3.63, 3.8) is 0 Å². The molecule has 0 amide bonds. The molecule has 0 aromatic carbocycles. The largest absolute Gasteiger partial charge is 0.474 e. The number of hydrogen-bond donors (Lipinski definition) is 1. The number of ether oxygens (including phenoxy) is 3. The van der Waals surface area contributed by atoms with Crippen molar-refractivity contribution < 1.29 is 14.2 Å². The lowest BCUT2D eigenvalue weighted by Crippen LogP contribution is -2.25. The van der Waals surface area contributed by atoms with Gasteiger partial charge in [-0.25, -0.2) is 0 Å². The minimum atomic E-state index is -0.532. The van der Waals surface area contributed by atoms with Crippen molar-refractivity contribution in [2.45, 2.75) is 25.7 Å². The van der Waals surface area contributed by atoms with E-state index in [-0.39, 0.29) is 6.10 Å². The summed E-state index contributed by atoms with van der Waals surface area (Å²) in [4.78, 5) is 0. The first-order valence-electron chi connectivity index (χ1n) is 5.08. The fraction of sp³-hybridized carbons (Fsp3) is 0.600. The average Bonchev–Trinajstić information content (AvgIpc) is 2.56. The molecule has 0 spiro atoms. The molecule has 6 heteroatoms. The summed E-state index contributed by atoms with van der Waals surface area (Å²) < 4.78 is 16.4. The molecule has 1 atom stereocenters. The maximum absolute atomic E-state index is 5.57. The summed E-state index contributed by atoms with van der Waals surface area (Å²) in [7, 11) is 0. The van der Waals surface area contributed by atoms with Crippen LogP contribution in [-0.2, 0) is 9.47 Å². The van der Waals surface area contributed by atoms with Crippen molar-refractivity contribution in [2.24, 2.45) is 0 Å². The molecule has 1 aromatic rings. The monoisotopic (exact) mass is 225 g/mol. The quantitative estimate of drug-likeness (QED) is 0.811. The third kappa shape index (κ3) is 2.80. The molecule has 6 nitrogen and oxygen atoms in total. The lowest BCUT2D eigenvalue weighted by molar-refractivity contribution is -0.141. The number of nitrogen functional groups attached to an aromatic ring is 1. The number of aromatic nitrogens is 2. The Bertz CT molecular complexity index is 370. The topological polar surface area (TPSA) is 79.5 Å². The summed E-state index contributed by atoms with van der Waals surface area (Å²) in [6.07, 6.45) is 1.38. The highest BCUT2D eigenvalue weighted by atomic mass is 16.7. The lowest BCUT2D eigenvalue weighted by Gasteiger charge is -2.17. The van der Waals surface area contributed by atoms with Crippen molar-refractivity contribution in [1.82, 2.24) is 10.2 Å². The molecular formula is C10H15N3O3. The number of nitrogens with zero attached hydrogens (tertiary/aromatic N) is 2. The Morgan fingerprint density at radius 3 is 3.06 bits per heavy atom. The second-order valence-corrected chi connectivity index (χ2v) is 4.09. The zero-order valence-electron chi connectivity index (χ0n) is 9.34. The van der Waals surface area contributed by atoms with Gasteiger partial charge in [0.05, 0.1) is 18.5 Å². The second kappa shape index (κ2) is 4.23. The summed E-state index contributed by atoms with van der Waals surface area (Å²) in [5.74, 6) is -0.136. The predicted octanol–water partition coefficient (Wildman–Crippen LogP) is 0.589. The Morgan fingerprint density at radius 2 is 2.44 bits per heavy atom. The van der Waals surface area contributed by atoms with E-state index in [4.69, 9.17) is 19.9 Å². The molecule has 0 bridgehead atoms. The summed E-state index contributed by atoms with van der Waals surface area (Å²) in [5.41, 5.74) is 6.07. The molecule has 0 aliphatic carbocycles. The van der Waals surface area contributed by atoms with Crippen LogP contribution in [0.1, 0.15) is 13.8 Å². The molecule has 88 valence electrons. The Kier molecular flexibility index (Phi) is 2.93. The third-order valence-electron chi connectivity index (χ3n) is 2.14. The van der Waals surface area contributed by atoms with E-state index in [1.807, 2.05) is 13.8 Å². The fourth-order valence-corrected chi connectivity index (χ4v) is 1.46. The predicted molar refractivity (Wildman–Crippen MR) is 56.8 cm³/mol. The number of nitrogens with two attached hydrogens (primary N) is 1. The maximum atomic E-state index is 5.57. The summed E-state index contributed by atoms with van der Waals surface area (Å²) in [6.45, 7) is 4.63. The van der Waals surface area contributed by atoms with E-state index in [2.05, 4.69) is 10.2 Å². The number of anilines is 1. The Morgan fingerprint density at radius 1 is 1.62 bits per heavy atom. The molecule has 1 saturated heterocycles. The van der Waals surface area contributed by atoms with Crippen molar-refractivity contribution in [3.05, 3.63) is 12.3 Å². The first-order chi connectivity index (χ1) is 7.55. The molecule has 2 rings (SSSR count). The molecule has 2 N–H and O–H groups in total. The van der Waals surface area contributed by atoms with E-state index in [0.717, 1.165) is 0 Å². The first-order valence-corrected chi connectivity index (χ1v) is 5.08. The molecule has 2 heterocycles. The maximum Gasteiger partial charge on any atom is 0.235 e. The standard InChI is InChI=1S/C10H15N3O3/c1-10(2)15-6-8(16-10)5-14-9-3-7(11)4-12-13-9/h3-4,8H,5-6H2,1-2H3,(H2,11,13)/t8-/m0/s1. The molecule has 0 unspecified atom stereocenters. The van der Waals surface area contributed by atoms with Crippen molar-refractivity contribution in [3.8, 4) is 5.88 Å². The lowest BCUT2D eigenvalue weighted by atomic mass is 10.4. The van der Waals surface area contributed by atoms with Gasteiger partial charge < -0.3 is 19.9 Å². The zero-order chi connectivity index (χ0) is 11.6. The van der Waals surface area contributed by atoms with Crippen molar-refractivity contribution >= 4 is 5.69 Å². The molecular weight excluding hydrogens is 210 g/mol.